The molecule has 0 bridgehead atoms. The van der Waals surface area contributed by atoms with Gasteiger partial charge in [0, 0.05) is 0 Å². The Morgan fingerprint density at radius 3 is 1.88 bits per heavy atom. The van der Waals surface area contributed by atoms with E-state index in [1.165, 1.54) is 13.8 Å². The predicted molar refractivity (Wildman–Crippen MR) is 60.9 cm³/mol. The van der Waals surface area contributed by atoms with Crippen molar-refractivity contribution in [3.63, 3.8) is 0 Å². The molecule has 0 saturated heterocycles. The smallest absolute Gasteiger partial charge is 0.121 e. The fourth-order valence-corrected chi connectivity index (χ4v) is 2.78. The van der Waals surface area contributed by atoms with E-state index in [-0.39, 0.29) is 5.92 Å². The third kappa shape index (κ3) is 2.56. The summed E-state index contributed by atoms with van der Waals surface area (Å²) in [6.07, 6.45) is 1.36. The number of hydrogen-bond donors (Lipinski definition) is 4. The van der Waals surface area contributed by atoms with Gasteiger partial charge < -0.3 is 20.4 Å². The van der Waals surface area contributed by atoms with E-state index in [1.807, 2.05) is 0 Å². The van der Waals surface area contributed by atoms with E-state index in [0.29, 0.717) is 0 Å². The lowest BCUT2D eigenvalue weighted by atomic mass is 9.70. The first kappa shape index (κ1) is 13.9. The van der Waals surface area contributed by atoms with Gasteiger partial charge in [-0.25, -0.2) is 0 Å². The van der Waals surface area contributed by atoms with Gasteiger partial charge in [-0.3, -0.25) is 0 Å². The zero-order valence-corrected chi connectivity index (χ0v) is 10.1. The van der Waals surface area contributed by atoms with E-state index >= 15 is 0 Å². The molecule has 4 heteroatoms. The molecule has 0 radical (unpaired) electrons. The monoisotopic (exact) mass is 232 g/mol. The molecule has 0 heterocycles. The van der Waals surface area contributed by atoms with E-state index in [0.717, 1.165) is 32.1 Å². The van der Waals surface area contributed by atoms with Crippen molar-refractivity contribution in [3.05, 3.63) is 0 Å². The minimum absolute atomic E-state index is 0.133. The van der Waals surface area contributed by atoms with Crippen molar-refractivity contribution in [2.75, 3.05) is 0 Å². The van der Waals surface area contributed by atoms with Crippen molar-refractivity contribution in [2.45, 2.75) is 69.9 Å². The maximum absolute atomic E-state index is 10.5. The molecule has 16 heavy (non-hydrogen) atoms. The average Bonchev–Trinajstić information content (AvgIpc) is 2.27. The fraction of sp³-hybridized carbons (Fsp3) is 1.00. The molecule has 96 valence electrons. The fourth-order valence-electron chi connectivity index (χ4n) is 2.78. The molecule has 4 N–H and O–H groups in total. The van der Waals surface area contributed by atoms with Crippen LogP contribution in [0.25, 0.3) is 0 Å². The van der Waals surface area contributed by atoms with Gasteiger partial charge in [-0.15, -0.1) is 0 Å². The Balaban J connectivity index is 2.85. The Bertz CT molecular complexity index is 211. The van der Waals surface area contributed by atoms with E-state index in [4.69, 9.17) is 0 Å². The lowest BCUT2D eigenvalue weighted by molar-refractivity contribution is -0.202. The lowest BCUT2D eigenvalue weighted by Gasteiger charge is -2.44. The Hall–Kier alpha value is -0.160. The summed E-state index contributed by atoms with van der Waals surface area (Å²) < 4.78 is 0. The van der Waals surface area contributed by atoms with Crippen molar-refractivity contribution in [3.8, 4) is 0 Å². The summed E-state index contributed by atoms with van der Waals surface area (Å²) in [5.74, 6) is -0.133. The molecule has 0 aliphatic heterocycles. The zero-order chi connectivity index (χ0) is 12.3. The molecule has 1 aliphatic carbocycles. The van der Waals surface area contributed by atoms with Crippen LogP contribution in [0.3, 0.4) is 0 Å². The van der Waals surface area contributed by atoms with Crippen LogP contribution in [-0.2, 0) is 0 Å². The molecule has 1 rings (SSSR count). The van der Waals surface area contributed by atoms with Crippen LogP contribution in [0.15, 0.2) is 0 Å². The second-order valence-corrected chi connectivity index (χ2v) is 5.08. The number of rotatable bonds is 4. The van der Waals surface area contributed by atoms with Crippen LogP contribution in [0.5, 0.6) is 0 Å². The molecule has 0 aromatic carbocycles. The number of aliphatic hydroxyl groups excluding tert-OH is 3. The molecule has 1 fully saturated rings. The van der Waals surface area contributed by atoms with Crippen molar-refractivity contribution >= 4 is 0 Å². The van der Waals surface area contributed by atoms with Gasteiger partial charge in [0.2, 0.25) is 0 Å². The number of hydrogen-bond acceptors (Lipinski definition) is 4. The zero-order valence-electron chi connectivity index (χ0n) is 10.1. The third-order valence-corrected chi connectivity index (χ3v) is 3.86. The van der Waals surface area contributed by atoms with Crippen LogP contribution >= 0.6 is 0 Å². The second-order valence-electron chi connectivity index (χ2n) is 5.08. The topological polar surface area (TPSA) is 80.9 Å². The van der Waals surface area contributed by atoms with Gasteiger partial charge in [0.05, 0.1) is 12.2 Å². The molecule has 0 amide bonds. The summed E-state index contributed by atoms with van der Waals surface area (Å²) >= 11 is 0. The molecule has 0 unspecified atom stereocenters. The normalized spacial score (nSPS) is 28.1. The molecular weight excluding hydrogens is 208 g/mol. The maximum Gasteiger partial charge on any atom is 0.121 e. The van der Waals surface area contributed by atoms with Crippen molar-refractivity contribution < 1.29 is 20.4 Å². The van der Waals surface area contributed by atoms with Crippen LogP contribution < -0.4 is 0 Å². The highest BCUT2D eigenvalue weighted by atomic mass is 16.4. The highest BCUT2D eigenvalue weighted by Gasteiger charge is 2.48. The third-order valence-electron chi connectivity index (χ3n) is 3.86. The van der Waals surface area contributed by atoms with Crippen LogP contribution in [0.4, 0.5) is 0 Å². The van der Waals surface area contributed by atoms with Gasteiger partial charge in [-0.2, -0.15) is 0 Å². The van der Waals surface area contributed by atoms with Gasteiger partial charge >= 0.3 is 0 Å². The molecule has 4 atom stereocenters. The Morgan fingerprint density at radius 2 is 1.50 bits per heavy atom. The predicted octanol–water partition coefficient (Wildman–Crippen LogP) is 0.420. The molecule has 4 nitrogen and oxygen atoms in total. The van der Waals surface area contributed by atoms with Crippen molar-refractivity contribution in [1.29, 1.82) is 0 Å². The lowest BCUT2D eigenvalue weighted by Crippen LogP contribution is -2.60. The van der Waals surface area contributed by atoms with E-state index in [9.17, 15) is 20.4 Å². The number of aliphatic hydroxyl groups is 4. The first-order valence-electron chi connectivity index (χ1n) is 6.17. The summed E-state index contributed by atoms with van der Waals surface area (Å²) in [7, 11) is 0. The Morgan fingerprint density at radius 1 is 1.00 bits per heavy atom. The van der Waals surface area contributed by atoms with Gasteiger partial charge in [-0.05, 0) is 32.6 Å². The summed E-state index contributed by atoms with van der Waals surface area (Å²) in [5, 5.41) is 39.5. The Kier molecular flexibility index (Phi) is 4.73. The maximum atomic E-state index is 10.5. The standard InChI is InChI=1S/C12H24O4/c1-8(13)11(15)12(16,9(2)14)10-6-4-3-5-7-10/h8-11,13-16H,3-7H2,1-2H3/t8-,9+,11+,12-/m1/s1. The van der Waals surface area contributed by atoms with Gasteiger partial charge in [-0.1, -0.05) is 19.3 Å². The van der Waals surface area contributed by atoms with Crippen LogP contribution in [0, 0.1) is 5.92 Å². The summed E-state index contributed by atoms with van der Waals surface area (Å²) in [4.78, 5) is 0. The van der Waals surface area contributed by atoms with Crippen LogP contribution in [-0.4, -0.2) is 44.3 Å². The largest absolute Gasteiger partial charge is 0.391 e. The minimum atomic E-state index is -1.59. The minimum Gasteiger partial charge on any atom is -0.391 e. The molecule has 0 spiro atoms. The van der Waals surface area contributed by atoms with Crippen molar-refractivity contribution in [1.82, 2.24) is 0 Å². The van der Waals surface area contributed by atoms with Gasteiger partial charge in [0.15, 0.2) is 0 Å². The van der Waals surface area contributed by atoms with E-state index < -0.39 is 23.9 Å². The first-order valence-corrected chi connectivity index (χ1v) is 6.17. The van der Waals surface area contributed by atoms with Crippen molar-refractivity contribution in [2.24, 2.45) is 5.92 Å². The first-order chi connectivity index (χ1) is 7.40. The SMILES string of the molecule is C[C@H](O)[C@@](O)(C1CCCCC1)[C@@H](O)[C@@H](C)O. The molecule has 1 saturated carbocycles. The molecule has 0 aromatic rings. The Labute approximate surface area is 96.9 Å². The molecule has 1 aliphatic rings. The van der Waals surface area contributed by atoms with Crippen LogP contribution in [0.2, 0.25) is 0 Å². The van der Waals surface area contributed by atoms with Gasteiger partial charge in [0.1, 0.15) is 11.7 Å². The highest BCUT2D eigenvalue weighted by molar-refractivity contribution is 4.99. The average molecular weight is 232 g/mol. The highest BCUT2D eigenvalue weighted by Crippen LogP contribution is 2.37. The molecule has 0 aromatic heterocycles. The van der Waals surface area contributed by atoms with Crippen LogP contribution in [0.1, 0.15) is 46.0 Å². The summed E-state index contributed by atoms with van der Waals surface area (Å²) in [6.45, 7) is 2.90. The van der Waals surface area contributed by atoms with Gasteiger partial charge in [0.25, 0.3) is 0 Å². The summed E-state index contributed by atoms with van der Waals surface area (Å²) in [6, 6.07) is 0. The quantitative estimate of drug-likeness (QED) is 0.566. The van der Waals surface area contributed by atoms with E-state index in [2.05, 4.69) is 0 Å². The second kappa shape index (κ2) is 5.45. The summed E-state index contributed by atoms with van der Waals surface area (Å²) in [5.41, 5.74) is -1.59. The molecular formula is C12H24O4. The van der Waals surface area contributed by atoms with E-state index in [1.54, 1.807) is 0 Å².